The summed E-state index contributed by atoms with van der Waals surface area (Å²) in [6.07, 6.45) is 0.884. The maximum atomic E-state index is 11.6. The summed E-state index contributed by atoms with van der Waals surface area (Å²) in [4.78, 5) is 16.0. The predicted octanol–water partition coefficient (Wildman–Crippen LogP) is 1.91. The zero-order valence-corrected chi connectivity index (χ0v) is 11.4. The van der Waals surface area contributed by atoms with Gasteiger partial charge in [0.1, 0.15) is 5.01 Å². The van der Waals surface area contributed by atoms with Crippen LogP contribution in [0.2, 0.25) is 0 Å². The first-order chi connectivity index (χ1) is 8.79. The molecule has 0 aliphatic carbocycles. The van der Waals surface area contributed by atoms with Gasteiger partial charge in [0.25, 0.3) is 0 Å². The summed E-state index contributed by atoms with van der Waals surface area (Å²) in [7, 11) is 0. The first-order valence-electron chi connectivity index (χ1n) is 5.64. The molecule has 0 bridgehead atoms. The highest BCUT2D eigenvalue weighted by Gasteiger charge is 2.08. The third kappa shape index (κ3) is 3.63. The number of hydrogen-bond acceptors (Lipinski definition) is 5. The van der Waals surface area contributed by atoms with E-state index in [1.807, 2.05) is 22.2 Å². The standard InChI is InChI=1S/C12H14N2O2S2/c15-4-1-3-13-11(16)6-10-8-18-12(14-10)9-2-5-17-7-9/h2,5,7-8,15H,1,3-4,6H2,(H,13,16). The maximum Gasteiger partial charge on any atom is 0.226 e. The minimum atomic E-state index is -0.0504. The molecule has 0 aromatic carbocycles. The van der Waals surface area contributed by atoms with E-state index in [1.165, 1.54) is 0 Å². The Morgan fingerprint density at radius 1 is 1.44 bits per heavy atom. The number of aliphatic hydroxyl groups excluding tert-OH is 1. The van der Waals surface area contributed by atoms with Gasteiger partial charge in [-0.25, -0.2) is 4.98 Å². The topological polar surface area (TPSA) is 62.2 Å². The monoisotopic (exact) mass is 282 g/mol. The molecule has 1 amide bonds. The molecule has 2 rings (SSSR count). The smallest absolute Gasteiger partial charge is 0.226 e. The Hall–Kier alpha value is -1.24. The lowest BCUT2D eigenvalue weighted by molar-refractivity contribution is -0.120. The van der Waals surface area contributed by atoms with Crippen molar-refractivity contribution in [1.29, 1.82) is 0 Å². The summed E-state index contributed by atoms with van der Waals surface area (Å²) in [5.74, 6) is -0.0504. The van der Waals surface area contributed by atoms with Crippen molar-refractivity contribution >= 4 is 28.6 Å². The molecule has 0 aliphatic heterocycles. The molecule has 4 nitrogen and oxygen atoms in total. The molecule has 0 atom stereocenters. The van der Waals surface area contributed by atoms with Gasteiger partial charge in [-0.15, -0.1) is 11.3 Å². The number of aromatic nitrogens is 1. The van der Waals surface area contributed by atoms with Crippen molar-refractivity contribution in [1.82, 2.24) is 10.3 Å². The molecule has 0 saturated carbocycles. The quantitative estimate of drug-likeness (QED) is 0.796. The van der Waals surface area contributed by atoms with Crippen LogP contribution in [0.25, 0.3) is 10.6 Å². The van der Waals surface area contributed by atoms with E-state index in [-0.39, 0.29) is 12.5 Å². The molecule has 0 spiro atoms. The number of thiazole rings is 1. The van der Waals surface area contributed by atoms with Gasteiger partial charge >= 0.3 is 0 Å². The third-order valence-electron chi connectivity index (χ3n) is 2.32. The zero-order chi connectivity index (χ0) is 12.8. The highest BCUT2D eigenvalue weighted by atomic mass is 32.1. The number of thiophene rings is 1. The van der Waals surface area contributed by atoms with Crippen molar-refractivity contribution in [3.05, 3.63) is 27.9 Å². The number of carbonyl (C=O) groups excluding carboxylic acids is 1. The van der Waals surface area contributed by atoms with Crippen LogP contribution in [0.4, 0.5) is 0 Å². The first-order valence-corrected chi connectivity index (χ1v) is 7.46. The number of nitrogens with one attached hydrogen (secondary N) is 1. The van der Waals surface area contributed by atoms with E-state index in [1.54, 1.807) is 22.7 Å². The third-order valence-corrected chi connectivity index (χ3v) is 3.94. The number of aliphatic hydroxyl groups is 1. The van der Waals surface area contributed by atoms with Crippen LogP contribution in [-0.4, -0.2) is 29.1 Å². The Morgan fingerprint density at radius 3 is 3.06 bits per heavy atom. The van der Waals surface area contributed by atoms with Crippen LogP contribution in [0.15, 0.2) is 22.2 Å². The fourth-order valence-electron chi connectivity index (χ4n) is 1.44. The molecule has 6 heteroatoms. The Bertz CT molecular complexity index is 494. The van der Waals surface area contributed by atoms with Gasteiger partial charge in [-0.3, -0.25) is 4.79 Å². The normalized spacial score (nSPS) is 10.5. The summed E-state index contributed by atoms with van der Waals surface area (Å²) < 4.78 is 0. The van der Waals surface area contributed by atoms with Crippen molar-refractivity contribution in [2.45, 2.75) is 12.8 Å². The number of nitrogens with zero attached hydrogens (tertiary/aromatic N) is 1. The molecule has 0 fully saturated rings. The van der Waals surface area contributed by atoms with Crippen LogP contribution in [0.5, 0.6) is 0 Å². The highest BCUT2D eigenvalue weighted by molar-refractivity contribution is 7.14. The number of carbonyl (C=O) groups is 1. The summed E-state index contributed by atoms with van der Waals surface area (Å²) in [5.41, 5.74) is 1.90. The van der Waals surface area contributed by atoms with Gasteiger partial charge in [-0.1, -0.05) is 0 Å². The van der Waals surface area contributed by atoms with E-state index in [2.05, 4.69) is 10.3 Å². The zero-order valence-electron chi connectivity index (χ0n) is 9.76. The minimum Gasteiger partial charge on any atom is -0.396 e. The lowest BCUT2D eigenvalue weighted by Gasteiger charge is -2.01. The van der Waals surface area contributed by atoms with Gasteiger partial charge in [0.05, 0.1) is 12.1 Å². The second-order valence-electron chi connectivity index (χ2n) is 3.76. The summed E-state index contributed by atoms with van der Waals surface area (Å²) in [6.45, 7) is 0.607. The molecule has 0 unspecified atom stereocenters. The van der Waals surface area contributed by atoms with Crippen molar-refractivity contribution < 1.29 is 9.90 Å². The molecule has 0 radical (unpaired) electrons. The van der Waals surface area contributed by atoms with Gasteiger partial charge in [0.15, 0.2) is 0 Å². The average molecular weight is 282 g/mol. The maximum absolute atomic E-state index is 11.6. The largest absolute Gasteiger partial charge is 0.396 e. The molecular formula is C12H14N2O2S2. The molecule has 2 N–H and O–H groups in total. The van der Waals surface area contributed by atoms with E-state index in [0.717, 1.165) is 16.3 Å². The molecule has 2 aromatic rings. The summed E-state index contributed by atoms with van der Waals surface area (Å²) >= 11 is 3.19. The molecule has 0 saturated heterocycles. The van der Waals surface area contributed by atoms with E-state index in [9.17, 15) is 4.79 Å². The van der Waals surface area contributed by atoms with E-state index >= 15 is 0 Å². The molecule has 2 heterocycles. The number of hydrogen-bond donors (Lipinski definition) is 2. The van der Waals surface area contributed by atoms with Gasteiger partial charge < -0.3 is 10.4 Å². The Labute approximate surface area is 113 Å². The average Bonchev–Trinajstić information content (AvgIpc) is 2.98. The fourth-order valence-corrected chi connectivity index (χ4v) is 2.97. The van der Waals surface area contributed by atoms with Gasteiger partial charge in [-0.05, 0) is 17.9 Å². The summed E-state index contributed by atoms with van der Waals surface area (Å²) in [6, 6.07) is 2.02. The molecule has 18 heavy (non-hydrogen) atoms. The van der Waals surface area contributed by atoms with Gasteiger partial charge in [0.2, 0.25) is 5.91 Å². The van der Waals surface area contributed by atoms with Crippen LogP contribution >= 0.6 is 22.7 Å². The fraction of sp³-hybridized carbons (Fsp3) is 0.333. The first kappa shape index (κ1) is 13.2. The van der Waals surface area contributed by atoms with E-state index in [0.29, 0.717) is 19.4 Å². The second kappa shape index (κ2) is 6.63. The van der Waals surface area contributed by atoms with Crippen LogP contribution < -0.4 is 5.32 Å². The molecular weight excluding hydrogens is 268 g/mol. The summed E-state index contributed by atoms with van der Waals surface area (Å²) in [5, 5.41) is 18.3. The van der Waals surface area contributed by atoms with Crippen LogP contribution in [-0.2, 0) is 11.2 Å². The van der Waals surface area contributed by atoms with Crippen molar-refractivity contribution in [2.24, 2.45) is 0 Å². The van der Waals surface area contributed by atoms with Crippen LogP contribution in [0.3, 0.4) is 0 Å². The Morgan fingerprint density at radius 2 is 2.33 bits per heavy atom. The Balaban J connectivity index is 1.89. The SMILES string of the molecule is O=C(Cc1csc(-c2ccsc2)n1)NCCCO. The van der Waals surface area contributed by atoms with Crippen molar-refractivity contribution in [3.63, 3.8) is 0 Å². The lowest BCUT2D eigenvalue weighted by atomic mass is 10.3. The molecule has 96 valence electrons. The van der Waals surface area contributed by atoms with E-state index in [4.69, 9.17) is 5.11 Å². The second-order valence-corrected chi connectivity index (χ2v) is 5.40. The molecule has 0 aliphatic rings. The minimum absolute atomic E-state index is 0.0504. The molecule has 2 aromatic heterocycles. The number of rotatable bonds is 6. The predicted molar refractivity (Wildman–Crippen MR) is 73.8 cm³/mol. The highest BCUT2D eigenvalue weighted by Crippen LogP contribution is 2.25. The van der Waals surface area contributed by atoms with Crippen molar-refractivity contribution in [3.8, 4) is 10.6 Å². The number of amides is 1. The van der Waals surface area contributed by atoms with Crippen LogP contribution in [0, 0.1) is 0 Å². The Kier molecular flexibility index (Phi) is 4.86. The van der Waals surface area contributed by atoms with Crippen LogP contribution in [0.1, 0.15) is 12.1 Å². The van der Waals surface area contributed by atoms with Crippen molar-refractivity contribution in [2.75, 3.05) is 13.2 Å². The van der Waals surface area contributed by atoms with Gasteiger partial charge in [-0.2, -0.15) is 11.3 Å². The lowest BCUT2D eigenvalue weighted by Crippen LogP contribution is -2.26. The van der Waals surface area contributed by atoms with E-state index < -0.39 is 0 Å². The van der Waals surface area contributed by atoms with Gasteiger partial charge in [0, 0.05) is 29.5 Å².